The number of para-hydroxylation sites is 2. The van der Waals surface area contributed by atoms with Crippen LogP contribution in [-0.4, -0.2) is 40.1 Å². The lowest BCUT2D eigenvalue weighted by molar-refractivity contribution is -0.0525. The number of ether oxygens (including phenoxy) is 1. The van der Waals surface area contributed by atoms with Crippen molar-refractivity contribution >= 4 is 35.0 Å². The second-order valence-corrected chi connectivity index (χ2v) is 5.89. The maximum Gasteiger partial charge on any atom is 0.233 e. The van der Waals surface area contributed by atoms with E-state index in [-0.39, 0.29) is 30.1 Å². The van der Waals surface area contributed by atoms with E-state index in [1.807, 2.05) is 24.3 Å². The SMILES string of the molecule is CC1C(Oc2cnc3ccccc3n2)C2CCN1CC2.I. The van der Waals surface area contributed by atoms with Gasteiger partial charge in [0.25, 0.3) is 0 Å². The second kappa shape index (κ2) is 6.04. The Kier molecular flexibility index (Phi) is 4.31. The Morgan fingerprint density at radius 1 is 1.14 bits per heavy atom. The average molecular weight is 397 g/mol. The van der Waals surface area contributed by atoms with Gasteiger partial charge < -0.3 is 4.74 Å². The number of benzene rings is 1. The molecular formula is C16H20IN3O. The standard InChI is InChI=1S/C16H19N3O.HI/c1-11-16(12-6-8-19(11)9-7-12)20-15-10-17-13-4-2-3-5-14(13)18-15;/h2-5,10-12,16H,6-9H2,1H3;1H. The highest BCUT2D eigenvalue weighted by atomic mass is 127. The molecular weight excluding hydrogens is 377 g/mol. The Bertz CT molecular complexity index is 626. The largest absolute Gasteiger partial charge is 0.471 e. The predicted molar refractivity (Wildman–Crippen MR) is 93.1 cm³/mol. The molecule has 4 nitrogen and oxygen atoms in total. The molecule has 112 valence electrons. The summed E-state index contributed by atoms with van der Waals surface area (Å²) in [6.07, 6.45) is 4.51. The van der Waals surface area contributed by atoms with Crippen LogP contribution in [0.5, 0.6) is 5.88 Å². The van der Waals surface area contributed by atoms with Crippen LogP contribution >= 0.6 is 24.0 Å². The number of rotatable bonds is 2. The van der Waals surface area contributed by atoms with Gasteiger partial charge in [0.15, 0.2) is 0 Å². The molecule has 0 amide bonds. The van der Waals surface area contributed by atoms with Crippen LogP contribution in [0, 0.1) is 5.92 Å². The van der Waals surface area contributed by atoms with Gasteiger partial charge in [-0.05, 0) is 50.9 Å². The van der Waals surface area contributed by atoms with Crippen molar-refractivity contribution in [2.45, 2.75) is 31.9 Å². The van der Waals surface area contributed by atoms with E-state index >= 15 is 0 Å². The lowest BCUT2D eigenvalue weighted by Crippen LogP contribution is -2.58. The zero-order valence-electron chi connectivity index (χ0n) is 12.1. The number of aromatic nitrogens is 2. The van der Waals surface area contributed by atoms with Crippen LogP contribution in [0.2, 0.25) is 0 Å². The summed E-state index contributed by atoms with van der Waals surface area (Å²) in [5.41, 5.74) is 1.82. The van der Waals surface area contributed by atoms with Crippen LogP contribution in [0.15, 0.2) is 30.5 Å². The molecule has 0 aliphatic carbocycles. The molecule has 0 saturated carbocycles. The lowest BCUT2D eigenvalue weighted by atomic mass is 9.81. The van der Waals surface area contributed by atoms with E-state index in [9.17, 15) is 0 Å². The Balaban J connectivity index is 0.00000132. The van der Waals surface area contributed by atoms with Crippen LogP contribution in [0.1, 0.15) is 19.8 Å². The normalized spacial score (nSPS) is 30.9. The lowest BCUT2D eigenvalue weighted by Gasteiger charge is -2.49. The van der Waals surface area contributed by atoms with Crippen LogP contribution in [0.4, 0.5) is 0 Å². The first-order valence-electron chi connectivity index (χ1n) is 7.44. The third-order valence-corrected chi connectivity index (χ3v) is 4.77. The maximum absolute atomic E-state index is 6.19. The summed E-state index contributed by atoms with van der Waals surface area (Å²) in [5.74, 6) is 1.33. The second-order valence-electron chi connectivity index (χ2n) is 5.89. The van der Waals surface area contributed by atoms with Gasteiger partial charge in [-0.25, -0.2) is 9.97 Å². The highest BCUT2D eigenvalue weighted by Gasteiger charge is 2.41. The van der Waals surface area contributed by atoms with Crippen molar-refractivity contribution in [2.75, 3.05) is 13.1 Å². The fourth-order valence-electron chi connectivity index (χ4n) is 3.59. The van der Waals surface area contributed by atoms with Crippen molar-refractivity contribution in [1.29, 1.82) is 0 Å². The minimum Gasteiger partial charge on any atom is -0.471 e. The van der Waals surface area contributed by atoms with Gasteiger partial charge in [-0.1, -0.05) is 12.1 Å². The molecule has 21 heavy (non-hydrogen) atoms. The summed E-state index contributed by atoms with van der Waals surface area (Å²) < 4.78 is 6.19. The summed E-state index contributed by atoms with van der Waals surface area (Å²) in [6, 6.07) is 8.40. The number of halogens is 1. The van der Waals surface area contributed by atoms with E-state index in [0.717, 1.165) is 11.0 Å². The van der Waals surface area contributed by atoms with Gasteiger partial charge in [0, 0.05) is 6.04 Å². The average Bonchev–Trinajstić information content (AvgIpc) is 2.51. The van der Waals surface area contributed by atoms with Gasteiger partial charge in [0.05, 0.1) is 17.2 Å². The van der Waals surface area contributed by atoms with Gasteiger partial charge in [-0.2, -0.15) is 0 Å². The van der Waals surface area contributed by atoms with E-state index in [0.29, 0.717) is 17.8 Å². The minimum absolute atomic E-state index is 0. The number of piperidine rings is 3. The molecule has 3 fully saturated rings. The van der Waals surface area contributed by atoms with E-state index in [1.165, 1.54) is 25.9 Å². The van der Waals surface area contributed by atoms with E-state index < -0.39 is 0 Å². The summed E-state index contributed by atoms with van der Waals surface area (Å²) >= 11 is 0. The Morgan fingerprint density at radius 3 is 2.57 bits per heavy atom. The van der Waals surface area contributed by atoms with Gasteiger partial charge in [0.2, 0.25) is 5.88 Å². The summed E-state index contributed by atoms with van der Waals surface area (Å²) in [4.78, 5) is 11.5. The van der Waals surface area contributed by atoms with Crippen LogP contribution in [-0.2, 0) is 0 Å². The van der Waals surface area contributed by atoms with Crippen molar-refractivity contribution in [3.63, 3.8) is 0 Å². The Hall–Kier alpha value is -0.950. The molecule has 3 saturated heterocycles. The highest BCUT2D eigenvalue weighted by molar-refractivity contribution is 14.0. The number of hydrogen-bond donors (Lipinski definition) is 0. The molecule has 2 bridgehead atoms. The molecule has 4 heterocycles. The molecule has 3 aliphatic rings. The van der Waals surface area contributed by atoms with Crippen molar-refractivity contribution in [1.82, 2.24) is 14.9 Å². The summed E-state index contributed by atoms with van der Waals surface area (Å²) in [7, 11) is 0. The Labute approximate surface area is 141 Å². The molecule has 0 spiro atoms. The third kappa shape index (κ3) is 2.73. The third-order valence-electron chi connectivity index (χ3n) is 4.77. The molecule has 5 rings (SSSR count). The summed E-state index contributed by atoms with van der Waals surface area (Å²) in [5, 5.41) is 0. The topological polar surface area (TPSA) is 38.3 Å². The van der Waals surface area contributed by atoms with Crippen molar-refractivity contribution in [3.8, 4) is 5.88 Å². The smallest absolute Gasteiger partial charge is 0.233 e. The van der Waals surface area contributed by atoms with Crippen molar-refractivity contribution in [2.24, 2.45) is 5.92 Å². The molecule has 5 heteroatoms. The fraction of sp³-hybridized carbons (Fsp3) is 0.500. The van der Waals surface area contributed by atoms with Gasteiger partial charge in [0.1, 0.15) is 6.10 Å². The minimum atomic E-state index is 0. The number of hydrogen-bond acceptors (Lipinski definition) is 4. The first-order valence-corrected chi connectivity index (χ1v) is 7.44. The summed E-state index contributed by atoms with van der Waals surface area (Å²) in [6.45, 7) is 4.70. The quantitative estimate of drug-likeness (QED) is 0.731. The molecule has 2 atom stereocenters. The Morgan fingerprint density at radius 2 is 1.86 bits per heavy atom. The van der Waals surface area contributed by atoms with Gasteiger partial charge >= 0.3 is 0 Å². The van der Waals surface area contributed by atoms with E-state index in [4.69, 9.17) is 4.74 Å². The molecule has 0 radical (unpaired) electrons. The van der Waals surface area contributed by atoms with Crippen LogP contribution in [0.25, 0.3) is 11.0 Å². The van der Waals surface area contributed by atoms with Gasteiger partial charge in [-0.3, -0.25) is 4.90 Å². The van der Waals surface area contributed by atoms with Gasteiger partial charge in [-0.15, -0.1) is 24.0 Å². The van der Waals surface area contributed by atoms with E-state index in [1.54, 1.807) is 6.20 Å². The molecule has 2 unspecified atom stereocenters. The fourth-order valence-corrected chi connectivity index (χ4v) is 3.59. The molecule has 0 N–H and O–H groups in total. The molecule has 3 aliphatic heterocycles. The molecule has 1 aromatic carbocycles. The maximum atomic E-state index is 6.19. The number of nitrogens with zero attached hydrogens (tertiary/aromatic N) is 3. The zero-order chi connectivity index (χ0) is 13.5. The van der Waals surface area contributed by atoms with Crippen molar-refractivity contribution in [3.05, 3.63) is 30.5 Å². The van der Waals surface area contributed by atoms with Crippen molar-refractivity contribution < 1.29 is 4.74 Å². The number of fused-ring (bicyclic) bond motifs is 4. The van der Waals surface area contributed by atoms with Crippen LogP contribution in [0.3, 0.4) is 0 Å². The highest BCUT2D eigenvalue weighted by Crippen LogP contribution is 2.34. The zero-order valence-corrected chi connectivity index (χ0v) is 14.4. The monoisotopic (exact) mass is 397 g/mol. The van der Waals surface area contributed by atoms with E-state index in [2.05, 4.69) is 21.8 Å². The first-order chi connectivity index (χ1) is 9.81. The predicted octanol–water partition coefficient (Wildman–Crippen LogP) is 3.11. The first kappa shape index (κ1) is 15.0. The van der Waals surface area contributed by atoms with Crippen LogP contribution < -0.4 is 4.74 Å². The molecule has 1 aromatic heterocycles. The molecule has 2 aromatic rings.